The smallest absolute Gasteiger partial charge is 0.121 e. The number of hydrogen-bond acceptors (Lipinski definition) is 3. The van der Waals surface area contributed by atoms with Crippen molar-refractivity contribution in [1.82, 2.24) is 9.97 Å². The van der Waals surface area contributed by atoms with Gasteiger partial charge in [0.05, 0.1) is 13.7 Å². The number of aromatic nitrogens is 2. The quantitative estimate of drug-likeness (QED) is 0.113. The van der Waals surface area contributed by atoms with Crippen LogP contribution in [0.15, 0.2) is 150 Å². The van der Waals surface area contributed by atoms with E-state index >= 15 is 0 Å². The van der Waals surface area contributed by atoms with Crippen LogP contribution in [0.25, 0.3) is 55.6 Å². The Labute approximate surface area is 339 Å². The van der Waals surface area contributed by atoms with Crippen molar-refractivity contribution in [3.05, 3.63) is 175 Å². The van der Waals surface area contributed by atoms with E-state index in [4.69, 9.17) is 8.53 Å². The molecule has 8 rings (SSSR count). The second kappa shape index (κ2) is 17.0. The Morgan fingerprint density at radius 1 is 0.722 bits per heavy atom. The van der Waals surface area contributed by atoms with Gasteiger partial charge in [-0.15, -0.1) is 54.1 Å². The molecule has 0 saturated carbocycles. The molecule has 0 spiro atoms. The van der Waals surface area contributed by atoms with Gasteiger partial charge in [0, 0.05) is 42.0 Å². The average molecular weight is 902 g/mol. The van der Waals surface area contributed by atoms with Gasteiger partial charge in [0.2, 0.25) is 0 Å². The number of fused-ring (bicyclic) bond motifs is 3. The summed E-state index contributed by atoms with van der Waals surface area (Å²) in [4.78, 5) is 9.21. The van der Waals surface area contributed by atoms with Crippen LogP contribution < -0.4 is 5.19 Å². The van der Waals surface area contributed by atoms with E-state index < -0.39 is 20.3 Å². The van der Waals surface area contributed by atoms with E-state index in [1.165, 1.54) is 0 Å². The topological polar surface area (TPSA) is 38.9 Å². The molecule has 273 valence electrons. The molecular formula is C49H46IrN2OSi-2. The third-order valence-electron chi connectivity index (χ3n) is 9.63. The average Bonchev–Trinajstić information content (AvgIpc) is 3.60. The van der Waals surface area contributed by atoms with Crippen molar-refractivity contribution in [1.29, 1.82) is 0 Å². The molecule has 0 amide bonds. The van der Waals surface area contributed by atoms with Gasteiger partial charge in [0.15, 0.2) is 0 Å². The molecule has 8 aromatic rings. The minimum absolute atomic E-state index is 0. The maximum atomic E-state index is 8.84. The van der Waals surface area contributed by atoms with Crippen molar-refractivity contribution in [2.75, 3.05) is 0 Å². The number of furan rings is 1. The van der Waals surface area contributed by atoms with Crippen LogP contribution in [0.1, 0.15) is 47.5 Å². The molecule has 3 aromatic heterocycles. The van der Waals surface area contributed by atoms with Gasteiger partial charge >= 0.3 is 0 Å². The minimum Gasteiger partial charge on any atom is -0.501 e. The number of benzene rings is 5. The molecule has 1 radical (unpaired) electrons. The molecule has 54 heavy (non-hydrogen) atoms. The Morgan fingerprint density at radius 3 is 2.17 bits per heavy atom. The Balaban J connectivity index is 0.000000194. The van der Waals surface area contributed by atoms with E-state index in [0.29, 0.717) is 5.56 Å². The molecule has 0 N–H and O–H groups in total. The summed E-state index contributed by atoms with van der Waals surface area (Å²) in [5.74, 6) is -0.505. The first kappa shape index (κ1) is 34.8. The standard InChI is InChI=1S/C28H24NO.C21H22NSi.Ir/c1-18(2)19(3)21-14-15-29-26(16-21)25-11-7-10-24-23-13-12-22(17-27(23)30-28(24)25)20-8-5-4-6-9-20;1-23(2,3)21-16-22-20(18-12-8-5-9-13-18)15-19(21)14-17-10-6-4-7-11-17;/h4-10,12-19H,1-3H3;4-12,15-16H,14H2,1-3H3;/q2*-1;/i19D;14D2;. The fraction of sp³-hybridized carbons (Fsp3) is 0.184. The summed E-state index contributed by atoms with van der Waals surface area (Å²) in [6.45, 7) is 12.8. The summed E-state index contributed by atoms with van der Waals surface area (Å²) >= 11 is 0. The van der Waals surface area contributed by atoms with E-state index in [1.54, 1.807) is 6.20 Å². The predicted octanol–water partition coefficient (Wildman–Crippen LogP) is 12.6. The summed E-state index contributed by atoms with van der Waals surface area (Å²) in [6.07, 6.45) is 2.09. The van der Waals surface area contributed by atoms with Gasteiger partial charge in [-0.25, -0.2) is 0 Å². The predicted molar refractivity (Wildman–Crippen MR) is 225 cm³/mol. The van der Waals surface area contributed by atoms with Gasteiger partial charge in [-0.1, -0.05) is 147 Å². The normalized spacial score (nSPS) is 13.6. The molecule has 5 aromatic carbocycles. The Morgan fingerprint density at radius 2 is 1.46 bits per heavy atom. The second-order valence-electron chi connectivity index (χ2n) is 14.7. The van der Waals surface area contributed by atoms with Crippen LogP contribution in [0.2, 0.25) is 19.6 Å². The zero-order chi connectivity index (χ0) is 39.7. The summed E-state index contributed by atoms with van der Waals surface area (Å²) < 4.78 is 32.8. The van der Waals surface area contributed by atoms with Crippen molar-refractivity contribution < 1.29 is 28.6 Å². The molecule has 0 saturated heterocycles. The maximum absolute atomic E-state index is 8.84. The van der Waals surface area contributed by atoms with Crippen LogP contribution in [0, 0.1) is 18.1 Å². The summed E-state index contributed by atoms with van der Waals surface area (Å²) in [7, 11) is -1.76. The molecule has 0 bridgehead atoms. The minimum atomic E-state index is -1.76. The van der Waals surface area contributed by atoms with E-state index in [9.17, 15) is 0 Å². The molecule has 3 nitrogen and oxygen atoms in total. The summed E-state index contributed by atoms with van der Waals surface area (Å²) in [5.41, 5.74) is 9.51. The molecule has 3 heterocycles. The summed E-state index contributed by atoms with van der Waals surface area (Å²) in [6, 6.07) is 50.0. The van der Waals surface area contributed by atoms with Gasteiger partial charge in [0.25, 0.3) is 0 Å². The van der Waals surface area contributed by atoms with Crippen molar-refractivity contribution in [3.8, 4) is 33.6 Å². The van der Waals surface area contributed by atoms with Crippen LogP contribution in [0.4, 0.5) is 0 Å². The third kappa shape index (κ3) is 8.71. The Hall–Kier alpha value is -4.93. The fourth-order valence-electron chi connectivity index (χ4n) is 6.42. The Kier molecular flexibility index (Phi) is 11.0. The fourth-order valence-corrected chi connectivity index (χ4v) is 7.82. The van der Waals surface area contributed by atoms with Crippen LogP contribution in [0.3, 0.4) is 0 Å². The largest absolute Gasteiger partial charge is 0.501 e. The van der Waals surface area contributed by atoms with E-state index in [1.807, 2.05) is 116 Å². The molecular weight excluding hydrogens is 853 g/mol. The number of nitrogens with zero attached hydrogens (tertiary/aromatic N) is 2. The van der Waals surface area contributed by atoms with Crippen LogP contribution >= 0.6 is 0 Å². The molecule has 0 aliphatic heterocycles. The first-order chi connectivity index (χ1) is 26.7. The zero-order valence-electron chi connectivity index (χ0n) is 34.6. The maximum Gasteiger partial charge on any atom is 0.121 e. The molecule has 0 aliphatic carbocycles. The molecule has 0 aliphatic rings. The van der Waals surface area contributed by atoms with Gasteiger partial charge in [-0.05, 0) is 63.6 Å². The van der Waals surface area contributed by atoms with E-state index in [0.717, 1.165) is 71.9 Å². The number of hydrogen-bond donors (Lipinski definition) is 0. The van der Waals surface area contributed by atoms with Crippen molar-refractivity contribution in [3.63, 3.8) is 0 Å². The van der Waals surface area contributed by atoms with Gasteiger partial charge < -0.3 is 14.4 Å². The third-order valence-corrected chi connectivity index (χ3v) is 11.6. The van der Waals surface area contributed by atoms with Crippen LogP contribution in [-0.2, 0) is 26.5 Å². The summed E-state index contributed by atoms with van der Waals surface area (Å²) in [5, 5.41) is 3.18. The first-order valence-electron chi connectivity index (χ1n) is 19.7. The molecule has 1 unspecified atom stereocenters. The number of rotatable bonds is 8. The van der Waals surface area contributed by atoms with Crippen molar-refractivity contribution >= 4 is 35.2 Å². The molecule has 0 fully saturated rings. The van der Waals surface area contributed by atoms with E-state index in [-0.39, 0.29) is 26.0 Å². The van der Waals surface area contributed by atoms with Gasteiger partial charge in [-0.3, -0.25) is 0 Å². The second-order valence-corrected chi connectivity index (χ2v) is 19.7. The van der Waals surface area contributed by atoms with Crippen molar-refractivity contribution in [2.24, 2.45) is 5.92 Å². The zero-order valence-corrected chi connectivity index (χ0v) is 35.0. The van der Waals surface area contributed by atoms with Gasteiger partial charge in [-0.2, -0.15) is 0 Å². The Bertz CT molecular complexity index is 2600. The first-order valence-corrected chi connectivity index (χ1v) is 21.7. The molecule has 1 atom stereocenters. The van der Waals surface area contributed by atoms with Crippen molar-refractivity contribution in [2.45, 2.75) is 52.7 Å². The van der Waals surface area contributed by atoms with Crippen LogP contribution in [-0.4, -0.2) is 18.0 Å². The SMILES string of the molecule is [2H]C(C)(c1ccnc(-c2[c-]ccc3c2oc2cc(-c4ccccc4)ccc23)c1)C(C)C.[2H]C([2H])(c1ccccc1)c1cc(-c2[c-]cccc2)ncc1[Si](C)(C)C.[Ir]. The number of pyridine rings is 2. The van der Waals surface area contributed by atoms with Gasteiger partial charge in [0.1, 0.15) is 5.58 Å². The van der Waals surface area contributed by atoms with Crippen LogP contribution in [0.5, 0.6) is 0 Å². The molecule has 5 heteroatoms. The van der Waals surface area contributed by atoms with E-state index in [2.05, 4.69) is 85.9 Å². The monoisotopic (exact) mass is 902 g/mol.